The summed E-state index contributed by atoms with van der Waals surface area (Å²) in [5, 5.41) is 81.4. The van der Waals surface area contributed by atoms with E-state index in [2.05, 4.69) is 95.8 Å². The zero-order valence-electron chi connectivity index (χ0n) is 72.8. The highest BCUT2D eigenvalue weighted by Gasteiger charge is 2.77. The van der Waals surface area contributed by atoms with E-state index in [4.69, 9.17) is 59.8 Å². The number of carbonyl (C=O) groups excluding carboxylic acids is 1. The average Bonchev–Trinajstić information content (AvgIpc) is 1.53. The molecule has 662 valence electrons. The van der Waals surface area contributed by atoms with Crippen LogP contribution in [-0.2, 0) is 49.5 Å². The predicted octanol–water partition coefficient (Wildman–Crippen LogP) is 15.3. The number of alkyl carbamates (subject to hydrolysis) is 1. The second-order valence-corrected chi connectivity index (χ2v) is 35.9. The van der Waals surface area contributed by atoms with Crippen molar-refractivity contribution in [1.29, 1.82) is 15.8 Å². The summed E-state index contributed by atoms with van der Waals surface area (Å²) < 4.78 is 55.8. The topological polar surface area (TPSA) is 394 Å². The number of rotatable bonds is 17. The number of carbonyl (C=O) groups is 1. The van der Waals surface area contributed by atoms with Gasteiger partial charge in [0.1, 0.15) is 74.0 Å². The summed E-state index contributed by atoms with van der Waals surface area (Å²) in [4.78, 5) is 29.7. The molecular formula is C104H100BrN11O14. The number of hydrogen-bond donors (Lipinski definition) is 8. The molecular weight excluding hydrogens is 1710 g/mol. The highest BCUT2D eigenvalue weighted by molar-refractivity contribution is 9.10. The van der Waals surface area contributed by atoms with Gasteiger partial charge in [-0.05, 0) is 159 Å². The van der Waals surface area contributed by atoms with E-state index in [-0.39, 0.29) is 61.1 Å². The summed E-state index contributed by atoms with van der Waals surface area (Å²) in [6.07, 6.45) is 14.8. The Morgan fingerprint density at radius 3 is 0.862 bits per heavy atom. The zero-order valence-corrected chi connectivity index (χ0v) is 74.4. The lowest BCUT2D eigenvalue weighted by Gasteiger charge is -2.42. The van der Waals surface area contributed by atoms with Gasteiger partial charge in [0.15, 0.2) is 22.4 Å². The normalized spacial score (nSPS) is 27.7. The van der Waals surface area contributed by atoms with Crippen molar-refractivity contribution >= 4 is 22.0 Å². The molecule has 11 N–H and O–H groups in total. The number of fused-ring (bicyclic) bond motifs is 12. The lowest BCUT2D eigenvalue weighted by Crippen LogP contribution is -2.52. The van der Waals surface area contributed by atoms with E-state index in [0.717, 1.165) is 43.4 Å². The molecule has 8 aliphatic rings. The minimum absolute atomic E-state index is 0.101. The van der Waals surface area contributed by atoms with Gasteiger partial charge in [0.2, 0.25) is 0 Å². The van der Waals surface area contributed by atoms with Crippen LogP contribution in [0.15, 0.2) is 272 Å². The van der Waals surface area contributed by atoms with Crippen molar-refractivity contribution in [2.45, 2.75) is 121 Å². The third kappa shape index (κ3) is 13.7. The molecule has 0 bridgehead atoms. The van der Waals surface area contributed by atoms with Crippen LogP contribution in [0.1, 0.15) is 154 Å². The van der Waals surface area contributed by atoms with Gasteiger partial charge in [-0.3, -0.25) is 19.9 Å². The van der Waals surface area contributed by atoms with Crippen LogP contribution in [0.3, 0.4) is 0 Å². The molecule has 16 atom stereocenters. The first-order valence-corrected chi connectivity index (χ1v) is 44.0. The van der Waals surface area contributed by atoms with Crippen LogP contribution in [0.25, 0.3) is 0 Å². The van der Waals surface area contributed by atoms with Crippen molar-refractivity contribution in [1.82, 2.24) is 25.3 Å². The first-order chi connectivity index (χ1) is 62.9. The first-order valence-electron chi connectivity index (χ1n) is 43.2. The molecule has 8 aromatic carbocycles. The zero-order chi connectivity index (χ0) is 91.3. The molecule has 0 unspecified atom stereocenters. The minimum Gasteiger partial charge on any atom is -0.495 e. The van der Waals surface area contributed by atoms with Crippen LogP contribution in [0.5, 0.6) is 46.0 Å². The average molecular weight is 1810 g/mol. The fourth-order valence-corrected chi connectivity index (χ4v) is 22.8. The van der Waals surface area contributed by atoms with Crippen LogP contribution in [0, 0.1) is 57.7 Å². The Bertz CT molecular complexity index is 6110. The number of aliphatic hydroxyl groups is 4. The number of nitrogens with two attached hydrogens (primary N) is 3. The second-order valence-electron chi connectivity index (χ2n) is 35.0. The molecule has 4 fully saturated rings. The number of halogens is 1. The lowest BCUT2D eigenvalue weighted by atomic mass is 9.70. The van der Waals surface area contributed by atoms with Crippen molar-refractivity contribution in [2.24, 2.45) is 40.9 Å². The molecule has 4 aliphatic heterocycles. The number of benzene rings is 8. The predicted molar refractivity (Wildman–Crippen MR) is 486 cm³/mol. The number of amides is 1. The molecule has 4 saturated carbocycles. The van der Waals surface area contributed by atoms with Crippen molar-refractivity contribution in [2.75, 3.05) is 54.6 Å². The summed E-state index contributed by atoms with van der Waals surface area (Å²) in [5.74, 6) is 1.82. The number of ether oxygens (including phenoxy) is 9. The SMILES string of the molecule is COc1cncc2c1[C@]1(O)[C@@H](CN)C[C@@H](c3ccccc3)[C@]1(c1ccc(Br)cc1)O2.COc1cncc2c1[C@]1(O)[C@@H](CN)C[C@@H](c3ccccc3)[C@]1(c1ccc(C#N)cc1)O2.COc1cncc2c1[C@]1(O)[C@@H](CN)C[C@@H](c3ccccc3)[C@]1(c1ccc(C#N)cc1)O2.COc1cncc2c1[C@]1(O)[C@@H](CNC(=O)OC(C)(C)C)C[C@@H](c3ccccc3)[C@]1(c1ccc(C#N)cc1)O2. The monoisotopic (exact) mass is 1810 g/mol. The number of methoxy groups -OCH3 is 4. The van der Waals surface area contributed by atoms with Gasteiger partial charge in [-0.2, -0.15) is 15.8 Å². The van der Waals surface area contributed by atoms with Crippen LogP contribution < -0.4 is 60.4 Å². The Labute approximate surface area is 762 Å². The summed E-state index contributed by atoms with van der Waals surface area (Å²) in [6.45, 7) is 6.44. The van der Waals surface area contributed by atoms with Crippen LogP contribution in [0.4, 0.5) is 4.79 Å². The van der Waals surface area contributed by atoms with E-state index in [0.29, 0.717) is 123 Å². The van der Waals surface area contributed by atoms with E-state index < -0.39 is 62.4 Å². The first kappa shape index (κ1) is 88.7. The molecule has 26 heteroatoms. The fraction of sp³-hybridized carbons (Fsp3) is 0.308. The van der Waals surface area contributed by atoms with Gasteiger partial charge in [0.05, 0.1) is 135 Å². The number of aromatic nitrogens is 4. The highest BCUT2D eigenvalue weighted by atomic mass is 79.9. The van der Waals surface area contributed by atoms with Gasteiger partial charge in [-0.25, -0.2) is 4.79 Å². The maximum Gasteiger partial charge on any atom is 0.407 e. The van der Waals surface area contributed by atoms with E-state index in [1.807, 2.05) is 146 Å². The molecule has 130 heavy (non-hydrogen) atoms. The number of hydrogen-bond acceptors (Lipinski definition) is 24. The lowest BCUT2D eigenvalue weighted by molar-refractivity contribution is -0.127. The van der Waals surface area contributed by atoms with Crippen LogP contribution in [0.2, 0.25) is 0 Å². The van der Waals surface area contributed by atoms with Crippen molar-refractivity contribution < 1.29 is 67.9 Å². The Hall–Kier alpha value is -13.3. The van der Waals surface area contributed by atoms with Crippen molar-refractivity contribution in [3.8, 4) is 64.2 Å². The molecule has 0 spiro atoms. The van der Waals surface area contributed by atoms with Gasteiger partial charge in [0.25, 0.3) is 0 Å². The third-order valence-electron chi connectivity index (χ3n) is 27.8. The quantitative estimate of drug-likeness (QED) is 0.0420. The molecule has 8 heterocycles. The number of nitrogens with zero attached hydrogens (tertiary/aromatic N) is 7. The Morgan fingerprint density at radius 2 is 0.631 bits per heavy atom. The smallest absolute Gasteiger partial charge is 0.407 e. The molecule has 1 amide bonds. The maximum absolute atomic E-state index is 13.0. The highest BCUT2D eigenvalue weighted by Crippen LogP contribution is 2.75. The largest absolute Gasteiger partial charge is 0.495 e. The standard InChI is InChI=1S/C30H31N3O5.2C25H23N3O3.C24H23BrN2O3/c1-28(2,3)38-27(34)33-16-22-14-23(20-8-6-5-7-9-20)30(21-12-10-19(15-31)11-13-21)29(22,35)26-24(36-4)17-32-18-25(26)37-30;2*1-30-21-14-28-15-22-23(21)24(29)19(13-27)11-20(17-5-3-2-4-6-17)25(24,31-22)18-9-7-16(12-26)8-10-18;1-29-20-13-27-14-21-22(20)23(28)17(12-26)11-19(15-5-3-2-4-6-15)24(23,30-21)16-7-9-18(25)10-8-16/h5-13,17-18,22-23,35H,14,16H2,1-4H3,(H,33,34);2*2-10,14-15,19-20,29H,11,13,27H2,1H3;2-10,13-14,17,19,28H,11-12,26H2,1H3/t22-,23+,29-,30+;2*19-,20+,24-,25+;17-,19+,23-,24+/m1111/s1. The number of pyridine rings is 4. The fourth-order valence-electron chi connectivity index (χ4n) is 22.5. The van der Waals surface area contributed by atoms with Gasteiger partial charge in [0, 0.05) is 58.4 Å². The maximum atomic E-state index is 13.0. The Morgan fingerprint density at radius 1 is 0.392 bits per heavy atom. The van der Waals surface area contributed by atoms with Crippen LogP contribution >= 0.6 is 15.9 Å². The number of nitriles is 3. The van der Waals surface area contributed by atoms with Gasteiger partial charge < -0.3 is 85.6 Å². The van der Waals surface area contributed by atoms with Gasteiger partial charge >= 0.3 is 6.09 Å². The summed E-state index contributed by atoms with van der Waals surface area (Å²) in [7, 11) is 6.23. The third-order valence-corrected chi connectivity index (χ3v) is 28.3. The van der Waals surface area contributed by atoms with Crippen molar-refractivity contribution in [3.05, 3.63) is 356 Å². The molecule has 12 aromatic rings. The minimum atomic E-state index is -1.61. The molecule has 0 saturated heterocycles. The van der Waals surface area contributed by atoms with Gasteiger partial charge in [-0.15, -0.1) is 0 Å². The molecule has 25 nitrogen and oxygen atoms in total. The van der Waals surface area contributed by atoms with Crippen molar-refractivity contribution in [3.63, 3.8) is 0 Å². The van der Waals surface area contributed by atoms with E-state index in [9.17, 15) is 41.0 Å². The van der Waals surface area contributed by atoms with E-state index in [1.165, 1.54) is 7.11 Å². The number of nitrogens with one attached hydrogen (secondary N) is 1. The molecule has 4 aliphatic carbocycles. The summed E-state index contributed by atoms with van der Waals surface area (Å²) >= 11 is 3.52. The van der Waals surface area contributed by atoms with Crippen LogP contribution in [-0.4, -0.2) is 107 Å². The van der Waals surface area contributed by atoms with E-state index in [1.54, 1.807) is 128 Å². The van der Waals surface area contributed by atoms with E-state index >= 15 is 0 Å². The molecule has 4 aromatic heterocycles. The van der Waals surface area contributed by atoms with Gasteiger partial charge in [-0.1, -0.05) is 186 Å². The molecule has 20 rings (SSSR count). The molecule has 0 radical (unpaired) electrons. The Kier molecular flexibility index (Phi) is 23.8. The summed E-state index contributed by atoms with van der Waals surface area (Å²) in [5.41, 5.74) is 18.9. The summed E-state index contributed by atoms with van der Waals surface area (Å²) in [6, 6.07) is 76.2. The Balaban J connectivity index is 0.000000122. The second kappa shape index (κ2) is 34.9.